The number of sulfone groups is 1. The van der Waals surface area contributed by atoms with Gasteiger partial charge in [-0.1, -0.05) is 12.1 Å². The van der Waals surface area contributed by atoms with Gasteiger partial charge in [0.1, 0.15) is 5.75 Å². The Hall–Kier alpha value is -1.07. The van der Waals surface area contributed by atoms with Crippen molar-refractivity contribution in [3.05, 3.63) is 29.8 Å². The molecule has 0 spiro atoms. The fourth-order valence-corrected chi connectivity index (χ4v) is 4.03. The lowest BCUT2D eigenvalue weighted by atomic mass is 9.95. The van der Waals surface area contributed by atoms with Crippen molar-refractivity contribution < 1.29 is 13.2 Å². The van der Waals surface area contributed by atoms with Crippen molar-refractivity contribution in [3.63, 3.8) is 0 Å². The molecule has 16 heavy (non-hydrogen) atoms. The minimum Gasteiger partial charge on any atom is -0.497 e. The van der Waals surface area contributed by atoms with E-state index in [2.05, 4.69) is 0 Å². The third-order valence-electron chi connectivity index (χ3n) is 2.92. The van der Waals surface area contributed by atoms with Crippen molar-refractivity contribution in [2.45, 2.75) is 12.0 Å². The van der Waals surface area contributed by atoms with Crippen LogP contribution in [0.25, 0.3) is 0 Å². The first kappa shape index (κ1) is 11.4. The zero-order valence-corrected chi connectivity index (χ0v) is 9.91. The normalized spacial score (nSPS) is 27.9. The molecule has 4 nitrogen and oxygen atoms in total. The molecule has 2 rings (SSSR count). The van der Waals surface area contributed by atoms with Crippen LogP contribution in [0.15, 0.2) is 24.3 Å². The molecule has 0 aromatic heterocycles. The number of hydrogen-bond acceptors (Lipinski definition) is 4. The van der Waals surface area contributed by atoms with E-state index in [0.717, 1.165) is 11.3 Å². The van der Waals surface area contributed by atoms with Gasteiger partial charge in [0.15, 0.2) is 9.84 Å². The van der Waals surface area contributed by atoms with Crippen LogP contribution in [0.4, 0.5) is 0 Å². The molecule has 88 valence electrons. The molecule has 2 unspecified atom stereocenters. The molecule has 0 radical (unpaired) electrons. The van der Waals surface area contributed by atoms with Crippen molar-refractivity contribution in [1.82, 2.24) is 0 Å². The van der Waals surface area contributed by atoms with Crippen LogP contribution in [0.2, 0.25) is 0 Å². The predicted octanol–water partition coefficient (Wildman–Crippen LogP) is 0.534. The van der Waals surface area contributed by atoms with Gasteiger partial charge in [-0.15, -0.1) is 0 Å². The van der Waals surface area contributed by atoms with Crippen LogP contribution in [-0.4, -0.2) is 33.1 Å². The first-order valence-electron chi connectivity index (χ1n) is 5.12. The maximum atomic E-state index is 11.5. The molecule has 5 heteroatoms. The first-order valence-corrected chi connectivity index (χ1v) is 6.94. The summed E-state index contributed by atoms with van der Waals surface area (Å²) in [4.78, 5) is 0. The second-order valence-corrected chi connectivity index (χ2v) is 6.28. The van der Waals surface area contributed by atoms with Gasteiger partial charge in [0, 0.05) is 12.0 Å². The van der Waals surface area contributed by atoms with Gasteiger partial charge in [0.05, 0.1) is 18.6 Å². The van der Waals surface area contributed by atoms with Gasteiger partial charge in [-0.3, -0.25) is 0 Å². The maximum absolute atomic E-state index is 11.5. The summed E-state index contributed by atoms with van der Waals surface area (Å²) in [6.07, 6.45) is 0. The Morgan fingerprint density at radius 1 is 1.38 bits per heavy atom. The van der Waals surface area contributed by atoms with Crippen LogP contribution in [-0.2, 0) is 9.84 Å². The Balaban J connectivity index is 2.31. The SMILES string of the molecule is COc1cccc(C2CS(=O)(=O)CC2N)c1. The number of hydrogen-bond donors (Lipinski definition) is 1. The monoisotopic (exact) mass is 241 g/mol. The highest BCUT2D eigenvalue weighted by molar-refractivity contribution is 7.91. The van der Waals surface area contributed by atoms with Gasteiger partial charge in [-0.2, -0.15) is 0 Å². The summed E-state index contributed by atoms with van der Waals surface area (Å²) in [5, 5.41) is 0. The lowest BCUT2D eigenvalue weighted by Crippen LogP contribution is -2.27. The molecule has 2 N–H and O–H groups in total. The van der Waals surface area contributed by atoms with Crippen LogP contribution in [0.3, 0.4) is 0 Å². The van der Waals surface area contributed by atoms with Crippen molar-refractivity contribution >= 4 is 9.84 Å². The third-order valence-corrected chi connectivity index (χ3v) is 4.68. The van der Waals surface area contributed by atoms with Crippen LogP contribution in [0.5, 0.6) is 5.75 Å². The molecular weight excluding hydrogens is 226 g/mol. The third kappa shape index (κ3) is 2.20. The van der Waals surface area contributed by atoms with E-state index in [9.17, 15) is 8.42 Å². The number of rotatable bonds is 2. The number of ether oxygens (including phenoxy) is 1. The molecule has 0 saturated carbocycles. The van der Waals surface area contributed by atoms with E-state index in [1.54, 1.807) is 7.11 Å². The van der Waals surface area contributed by atoms with Crippen LogP contribution >= 0.6 is 0 Å². The molecule has 1 aliphatic heterocycles. The van der Waals surface area contributed by atoms with E-state index >= 15 is 0 Å². The van der Waals surface area contributed by atoms with E-state index in [1.165, 1.54) is 0 Å². The summed E-state index contributed by atoms with van der Waals surface area (Å²) in [5.41, 5.74) is 6.80. The highest BCUT2D eigenvalue weighted by atomic mass is 32.2. The molecule has 2 atom stereocenters. The lowest BCUT2D eigenvalue weighted by molar-refractivity contribution is 0.413. The quantitative estimate of drug-likeness (QED) is 0.820. The van der Waals surface area contributed by atoms with Crippen molar-refractivity contribution in [1.29, 1.82) is 0 Å². The molecule has 1 aliphatic rings. The van der Waals surface area contributed by atoms with Gasteiger partial charge in [-0.05, 0) is 17.7 Å². The highest BCUT2D eigenvalue weighted by Gasteiger charge is 2.36. The van der Waals surface area contributed by atoms with Gasteiger partial charge >= 0.3 is 0 Å². The second-order valence-electron chi connectivity index (χ2n) is 4.12. The summed E-state index contributed by atoms with van der Waals surface area (Å²) < 4.78 is 28.0. The average Bonchev–Trinajstić information content (AvgIpc) is 2.52. The molecule has 1 heterocycles. The number of methoxy groups -OCH3 is 1. The number of nitrogens with two attached hydrogens (primary N) is 1. The summed E-state index contributed by atoms with van der Waals surface area (Å²) in [5.74, 6) is 0.838. The first-order chi connectivity index (χ1) is 7.52. The summed E-state index contributed by atoms with van der Waals surface area (Å²) >= 11 is 0. The van der Waals surface area contributed by atoms with E-state index < -0.39 is 9.84 Å². The number of benzene rings is 1. The van der Waals surface area contributed by atoms with Crippen LogP contribution < -0.4 is 10.5 Å². The predicted molar refractivity (Wildman–Crippen MR) is 62.4 cm³/mol. The Kier molecular flexibility index (Phi) is 2.90. The van der Waals surface area contributed by atoms with Gasteiger partial charge in [0.2, 0.25) is 0 Å². The topological polar surface area (TPSA) is 69.4 Å². The highest BCUT2D eigenvalue weighted by Crippen LogP contribution is 2.29. The van der Waals surface area contributed by atoms with Crippen molar-refractivity contribution in [3.8, 4) is 5.75 Å². The summed E-state index contributed by atoms with van der Waals surface area (Å²) in [7, 11) is -1.39. The molecule has 0 amide bonds. The van der Waals surface area contributed by atoms with Gasteiger partial charge < -0.3 is 10.5 Å². The zero-order chi connectivity index (χ0) is 11.8. The molecule has 1 aromatic carbocycles. The van der Waals surface area contributed by atoms with Crippen LogP contribution in [0.1, 0.15) is 11.5 Å². The molecule has 1 fully saturated rings. The molecule has 0 bridgehead atoms. The minimum absolute atomic E-state index is 0.0783. The molecule has 1 saturated heterocycles. The smallest absolute Gasteiger partial charge is 0.152 e. The molecule has 1 aromatic rings. The van der Waals surface area contributed by atoms with E-state index in [0.29, 0.717) is 0 Å². The van der Waals surface area contributed by atoms with E-state index in [-0.39, 0.29) is 23.5 Å². The van der Waals surface area contributed by atoms with E-state index in [4.69, 9.17) is 10.5 Å². The van der Waals surface area contributed by atoms with Gasteiger partial charge in [0.25, 0.3) is 0 Å². The Morgan fingerprint density at radius 3 is 2.69 bits per heavy atom. The van der Waals surface area contributed by atoms with Crippen LogP contribution in [0, 0.1) is 0 Å². The standard InChI is InChI=1S/C11H15NO3S/c1-15-9-4-2-3-8(5-9)10-6-16(13,14)7-11(10)12/h2-5,10-11H,6-7,12H2,1H3. The zero-order valence-electron chi connectivity index (χ0n) is 9.09. The Labute approximate surface area is 95.3 Å². The molecule has 0 aliphatic carbocycles. The Bertz CT molecular complexity index is 484. The fraction of sp³-hybridized carbons (Fsp3) is 0.455. The largest absolute Gasteiger partial charge is 0.497 e. The maximum Gasteiger partial charge on any atom is 0.152 e. The van der Waals surface area contributed by atoms with E-state index in [1.807, 2.05) is 24.3 Å². The summed E-state index contributed by atoms with van der Waals surface area (Å²) in [6, 6.07) is 7.13. The molecular formula is C11H15NO3S. The van der Waals surface area contributed by atoms with Crippen molar-refractivity contribution in [2.75, 3.05) is 18.6 Å². The minimum atomic E-state index is -2.98. The second kappa shape index (κ2) is 4.07. The summed E-state index contributed by atoms with van der Waals surface area (Å²) in [6.45, 7) is 0. The Morgan fingerprint density at radius 2 is 2.12 bits per heavy atom. The lowest BCUT2D eigenvalue weighted by Gasteiger charge is -2.14. The van der Waals surface area contributed by atoms with Gasteiger partial charge in [-0.25, -0.2) is 8.42 Å². The average molecular weight is 241 g/mol. The van der Waals surface area contributed by atoms with Crippen molar-refractivity contribution in [2.24, 2.45) is 5.73 Å². The fourth-order valence-electron chi connectivity index (χ4n) is 2.09.